The second kappa shape index (κ2) is 1.94. The molecule has 7 heavy (non-hydrogen) atoms. The molecule has 1 fully saturated rings. The summed E-state index contributed by atoms with van der Waals surface area (Å²) in [6.07, 6.45) is 1.19. The minimum Gasteiger partial charge on any atom is -0.261 e. The summed E-state index contributed by atoms with van der Waals surface area (Å²) in [5.41, 5.74) is 0.708. The van der Waals surface area contributed by atoms with Crippen LogP contribution >= 0.6 is 0 Å². The highest BCUT2D eigenvalue weighted by Crippen LogP contribution is 2.24. The molecule has 1 atom stereocenters. The van der Waals surface area contributed by atoms with Crippen LogP contribution in [0.25, 0.3) is 0 Å². The molecule has 0 aromatic carbocycles. The molecule has 0 saturated carbocycles. The van der Waals surface area contributed by atoms with Gasteiger partial charge in [-0.15, -0.1) is 0 Å². The maximum atomic E-state index is 4.70. The summed E-state index contributed by atoms with van der Waals surface area (Å²) in [4.78, 5) is 0. The third-order valence-electron chi connectivity index (χ3n) is 1.32. The quantitative estimate of drug-likeness (QED) is 0.306. The van der Waals surface area contributed by atoms with Crippen molar-refractivity contribution < 1.29 is 9.15 Å². The Hall–Kier alpha value is 0.137. The Balaban J connectivity index is 2.10. The van der Waals surface area contributed by atoms with E-state index in [1.165, 1.54) is 6.42 Å². The lowest BCUT2D eigenvalue weighted by Gasteiger charge is -1.92. The minimum absolute atomic E-state index is 0.708. The van der Waals surface area contributed by atoms with Gasteiger partial charge in [-0.05, 0) is 0 Å². The predicted octanol–water partition coefficient (Wildman–Crippen LogP) is 0.969. The van der Waals surface area contributed by atoms with Crippen LogP contribution in [0.15, 0.2) is 0 Å². The van der Waals surface area contributed by atoms with Crippen LogP contribution in [-0.2, 0) is 9.15 Å². The summed E-state index contributed by atoms with van der Waals surface area (Å²) in [6, 6.07) is 0. The normalized spacial score (nSPS) is 24.9. The minimum atomic E-state index is -1.01. The van der Waals surface area contributed by atoms with Gasteiger partial charge >= 0.3 is 9.28 Å². The van der Waals surface area contributed by atoms with Crippen molar-refractivity contribution >= 4 is 9.28 Å². The Bertz CT molecular complexity index is 62.7. The van der Waals surface area contributed by atoms with Crippen molar-refractivity contribution in [2.45, 2.75) is 25.8 Å². The monoisotopic (exact) mass is 118 g/mol. The first-order valence-electron chi connectivity index (χ1n) is 2.66. The highest BCUT2D eigenvalue weighted by molar-refractivity contribution is 6.51. The van der Waals surface area contributed by atoms with Crippen molar-refractivity contribution in [1.29, 1.82) is 0 Å². The lowest BCUT2D eigenvalue weighted by molar-refractivity contribution is 0.0850. The van der Waals surface area contributed by atoms with Crippen molar-refractivity contribution in [2.75, 3.05) is 0 Å². The van der Waals surface area contributed by atoms with Crippen LogP contribution in [-0.4, -0.2) is 9.28 Å². The van der Waals surface area contributed by atoms with Gasteiger partial charge in [0.2, 0.25) is 0 Å². The van der Waals surface area contributed by atoms with Gasteiger partial charge in [-0.25, -0.2) is 0 Å². The summed E-state index contributed by atoms with van der Waals surface area (Å²) in [5.74, 6) is 0. The van der Waals surface area contributed by atoms with Crippen LogP contribution < -0.4 is 0 Å². The van der Waals surface area contributed by atoms with E-state index in [1.807, 2.05) is 0 Å². The van der Waals surface area contributed by atoms with Gasteiger partial charge in [0, 0.05) is 5.54 Å². The fourth-order valence-electron chi connectivity index (χ4n) is 0.414. The van der Waals surface area contributed by atoms with Gasteiger partial charge in [0.05, 0.1) is 0 Å². The fraction of sp³-hybridized carbons (Fsp3) is 1.00. The number of rotatable bonds is 2. The molecule has 0 aliphatic carbocycles. The van der Waals surface area contributed by atoms with E-state index in [1.54, 1.807) is 0 Å². The molecule has 3 heteroatoms. The standard InChI is InChI=1S/C4H10O2Si/c1-3-4(2)7-5-6-7/h4,7H,3H2,1-2H3. The SMILES string of the molecule is CCC(C)[SiH]1OO1. The number of hydrogen-bond donors (Lipinski definition) is 0. The largest absolute Gasteiger partial charge is 0.395 e. The highest BCUT2D eigenvalue weighted by atomic mass is 28.3. The summed E-state index contributed by atoms with van der Waals surface area (Å²) < 4.78 is 9.40. The van der Waals surface area contributed by atoms with Gasteiger partial charge in [0.25, 0.3) is 0 Å². The van der Waals surface area contributed by atoms with Crippen molar-refractivity contribution in [3.8, 4) is 0 Å². The first kappa shape index (κ1) is 5.28. The topological polar surface area (TPSA) is 25.1 Å². The van der Waals surface area contributed by atoms with Gasteiger partial charge in [0.1, 0.15) is 0 Å². The Morgan fingerprint density at radius 3 is 2.29 bits per heavy atom. The molecule has 0 bridgehead atoms. The molecule has 1 aliphatic rings. The van der Waals surface area contributed by atoms with Crippen LogP contribution in [0.3, 0.4) is 0 Å². The summed E-state index contributed by atoms with van der Waals surface area (Å²) >= 11 is 0. The zero-order chi connectivity index (χ0) is 5.28. The molecule has 42 valence electrons. The maximum absolute atomic E-state index is 4.70. The van der Waals surface area contributed by atoms with Crippen LogP contribution in [0.5, 0.6) is 0 Å². The lowest BCUT2D eigenvalue weighted by Crippen LogP contribution is -1.97. The van der Waals surface area contributed by atoms with Crippen LogP contribution in [0.4, 0.5) is 0 Å². The second-order valence-electron chi connectivity index (χ2n) is 1.95. The lowest BCUT2D eigenvalue weighted by atomic mass is 10.4. The van der Waals surface area contributed by atoms with Crippen molar-refractivity contribution in [3.63, 3.8) is 0 Å². The Kier molecular flexibility index (Phi) is 1.46. The molecule has 0 amide bonds. The van der Waals surface area contributed by atoms with E-state index in [9.17, 15) is 0 Å². The summed E-state index contributed by atoms with van der Waals surface area (Å²) in [5, 5.41) is 0. The van der Waals surface area contributed by atoms with Crippen LogP contribution in [0.1, 0.15) is 20.3 Å². The Labute approximate surface area is 45.2 Å². The second-order valence-corrected chi connectivity index (χ2v) is 4.21. The van der Waals surface area contributed by atoms with Crippen LogP contribution in [0.2, 0.25) is 5.54 Å². The first-order valence-corrected chi connectivity index (χ1v) is 4.27. The van der Waals surface area contributed by atoms with Crippen LogP contribution in [0, 0.1) is 0 Å². The Morgan fingerprint density at radius 1 is 1.57 bits per heavy atom. The molecule has 0 radical (unpaired) electrons. The van der Waals surface area contributed by atoms with E-state index in [-0.39, 0.29) is 0 Å². The summed E-state index contributed by atoms with van der Waals surface area (Å²) in [6.45, 7) is 4.33. The van der Waals surface area contributed by atoms with Gasteiger partial charge in [0.15, 0.2) is 0 Å². The van der Waals surface area contributed by atoms with Gasteiger partial charge in [-0.3, -0.25) is 9.15 Å². The average molecular weight is 118 g/mol. The molecule has 0 spiro atoms. The van der Waals surface area contributed by atoms with Gasteiger partial charge in [-0.1, -0.05) is 20.3 Å². The van der Waals surface area contributed by atoms with E-state index in [0.29, 0.717) is 5.54 Å². The van der Waals surface area contributed by atoms with Crippen molar-refractivity contribution in [3.05, 3.63) is 0 Å². The van der Waals surface area contributed by atoms with E-state index in [2.05, 4.69) is 13.8 Å². The van der Waals surface area contributed by atoms with E-state index in [4.69, 9.17) is 9.15 Å². The van der Waals surface area contributed by atoms with E-state index < -0.39 is 9.28 Å². The third-order valence-corrected chi connectivity index (χ3v) is 3.13. The molecule has 0 N–H and O–H groups in total. The smallest absolute Gasteiger partial charge is 0.261 e. The molecule has 1 unspecified atom stereocenters. The van der Waals surface area contributed by atoms with Gasteiger partial charge in [-0.2, -0.15) is 0 Å². The molecular formula is C4H10O2Si. The van der Waals surface area contributed by atoms with Gasteiger partial charge < -0.3 is 0 Å². The molecule has 2 nitrogen and oxygen atoms in total. The first-order chi connectivity index (χ1) is 3.34. The maximum Gasteiger partial charge on any atom is 0.395 e. The molecule has 1 heterocycles. The Morgan fingerprint density at radius 2 is 2.14 bits per heavy atom. The highest BCUT2D eigenvalue weighted by Gasteiger charge is 2.35. The third kappa shape index (κ3) is 1.26. The van der Waals surface area contributed by atoms with E-state index >= 15 is 0 Å². The average Bonchev–Trinajstić information content (AvgIpc) is 2.44. The number of hydrogen-bond acceptors (Lipinski definition) is 2. The fourth-order valence-corrected chi connectivity index (χ4v) is 1.44. The molecular weight excluding hydrogens is 108 g/mol. The summed E-state index contributed by atoms with van der Waals surface area (Å²) in [7, 11) is -1.01. The molecule has 1 aliphatic heterocycles. The van der Waals surface area contributed by atoms with Crippen molar-refractivity contribution in [1.82, 2.24) is 0 Å². The van der Waals surface area contributed by atoms with Crippen molar-refractivity contribution in [2.24, 2.45) is 0 Å². The molecule has 0 aromatic heterocycles. The zero-order valence-corrected chi connectivity index (χ0v) is 5.83. The molecule has 0 aromatic rings. The van der Waals surface area contributed by atoms with E-state index in [0.717, 1.165) is 0 Å². The zero-order valence-electron chi connectivity index (χ0n) is 4.68. The molecule has 1 saturated heterocycles. The molecule has 1 rings (SSSR count). The predicted molar refractivity (Wildman–Crippen MR) is 29.0 cm³/mol.